The summed E-state index contributed by atoms with van der Waals surface area (Å²) in [5.74, 6) is -0.201. The normalized spacial score (nSPS) is 14.4. The predicted molar refractivity (Wildman–Crippen MR) is 101 cm³/mol. The van der Waals surface area contributed by atoms with Gasteiger partial charge >= 0.3 is 0 Å². The van der Waals surface area contributed by atoms with Crippen molar-refractivity contribution in [1.82, 2.24) is 5.32 Å². The fraction of sp³-hybridized carbons (Fsp3) is 0.381. The third kappa shape index (κ3) is 3.77. The topological polar surface area (TPSA) is 72.2 Å². The molecule has 136 valence electrons. The molecule has 0 unspecified atom stereocenters. The minimum atomic E-state index is -0.432. The third-order valence-corrected chi connectivity index (χ3v) is 5.14. The minimum absolute atomic E-state index is 0.0308. The van der Waals surface area contributed by atoms with E-state index in [1.54, 1.807) is 13.0 Å². The maximum Gasteiger partial charge on any atom is 0.272 e. The molecular weight excluding hydrogens is 328 g/mol. The minimum Gasteiger partial charge on any atom is -0.345 e. The second-order valence-corrected chi connectivity index (χ2v) is 6.93. The van der Waals surface area contributed by atoms with Crippen molar-refractivity contribution in [3.8, 4) is 0 Å². The SMILES string of the molecule is CC[C@H](NC(=O)c1ccc([N+](=O)[O-])c(C)c1)c1ccc2c(c1)CCCC2. The number of fused-ring (bicyclic) bond motifs is 1. The van der Waals surface area contributed by atoms with Gasteiger partial charge in [0.1, 0.15) is 0 Å². The number of aryl methyl sites for hydroxylation is 3. The van der Waals surface area contributed by atoms with Gasteiger partial charge in [-0.3, -0.25) is 14.9 Å². The molecule has 1 aliphatic carbocycles. The number of nitro benzene ring substituents is 1. The number of benzene rings is 2. The van der Waals surface area contributed by atoms with Gasteiger partial charge in [-0.2, -0.15) is 0 Å². The average molecular weight is 352 g/mol. The molecule has 3 rings (SSSR count). The van der Waals surface area contributed by atoms with Gasteiger partial charge in [-0.15, -0.1) is 0 Å². The second-order valence-electron chi connectivity index (χ2n) is 6.93. The summed E-state index contributed by atoms with van der Waals surface area (Å²) >= 11 is 0. The standard InChI is InChI=1S/C21H24N2O3/c1-3-19(17-9-8-15-6-4-5-7-16(15)13-17)22-21(24)18-10-11-20(23(25)26)14(2)12-18/h8-13,19H,3-7H2,1-2H3,(H,22,24)/t19-/m0/s1. The van der Waals surface area contributed by atoms with Gasteiger partial charge in [-0.05, 0) is 67.9 Å². The summed E-state index contributed by atoms with van der Waals surface area (Å²) in [6.07, 6.45) is 5.51. The Balaban J connectivity index is 1.78. The molecule has 0 heterocycles. The summed E-state index contributed by atoms with van der Waals surface area (Å²) in [6.45, 7) is 3.70. The number of hydrogen-bond donors (Lipinski definition) is 1. The van der Waals surface area contributed by atoms with Gasteiger partial charge in [-0.25, -0.2) is 0 Å². The van der Waals surface area contributed by atoms with Gasteiger partial charge in [-0.1, -0.05) is 25.1 Å². The molecule has 0 aliphatic heterocycles. The summed E-state index contributed by atoms with van der Waals surface area (Å²) in [7, 11) is 0. The lowest BCUT2D eigenvalue weighted by atomic mass is 9.88. The first-order valence-electron chi connectivity index (χ1n) is 9.17. The van der Waals surface area contributed by atoms with Crippen molar-refractivity contribution < 1.29 is 9.72 Å². The summed E-state index contributed by atoms with van der Waals surface area (Å²) in [5.41, 5.74) is 4.91. The van der Waals surface area contributed by atoms with Crippen molar-refractivity contribution >= 4 is 11.6 Å². The summed E-state index contributed by atoms with van der Waals surface area (Å²) in [4.78, 5) is 23.1. The van der Waals surface area contributed by atoms with Gasteiger partial charge in [0.2, 0.25) is 0 Å². The van der Waals surface area contributed by atoms with Gasteiger partial charge in [0, 0.05) is 17.2 Å². The molecule has 5 heteroatoms. The molecule has 0 bridgehead atoms. The van der Waals surface area contributed by atoms with Crippen LogP contribution in [0.25, 0.3) is 0 Å². The molecule has 26 heavy (non-hydrogen) atoms. The van der Waals surface area contributed by atoms with E-state index < -0.39 is 4.92 Å². The summed E-state index contributed by atoms with van der Waals surface area (Å²) in [5, 5.41) is 14.0. The van der Waals surface area contributed by atoms with E-state index >= 15 is 0 Å². The molecule has 0 saturated heterocycles. The Morgan fingerprint density at radius 2 is 1.88 bits per heavy atom. The number of carbonyl (C=O) groups excluding carboxylic acids is 1. The number of nitro groups is 1. The lowest BCUT2D eigenvalue weighted by molar-refractivity contribution is -0.385. The molecule has 2 aromatic rings. The molecule has 0 radical (unpaired) electrons. The molecular formula is C21H24N2O3. The second kappa shape index (κ2) is 7.68. The molecule has 5 nitrogen and oxygen atoms in total. The molecule has 1 aliphatic rings. The van der Waals surface area contributed by atoms with Gasteiger partial charge < -0.3 is 5.32 Å². The number of carbonyl (C=O) groups is 1. The van der Waals surface area contributed by atoms with Crippen LogP contribution in [0.5, 0.6) is 0 Å². The van der Waals surface area contributed by atoms with E-state index in [1.807, 2.05) is 6.92 Å². The molecule has 0 saturated carbocycles. The van der Waals surface area contributed by atoms with E-state index in [4.69, 9.17) is 0 Å². The number of amides is 1. The van der Waals surface area contributed by atoms with Gasteiger partial charge in [0.25, 0.3) is 11.6 Å². The molecule has 0 spiro atoms. The molecule has 1 N–H and O–H groups in total. The Morgan fingerprint density at radius 3 is 2.54 bits per heavy atom. The Morgan fingerprint density at radius 1 is 1.15 bits per heavy atom. The van der Waals surface area contributed by atoms with E-state index in [1.165, 1.54) is 36.1 Å². The van der Waals surface area contributed by atoms with Crippen molar-refractivity contribution in [3.05, 3.63) is 74.3 Å². The fourth-order valence-corrected chi connectivity index (χ4v) is 3.63. The van der Waals surface area contributed by atoms with Crippen molar-refractivity contribution in [3.63, 3.8) is 0 Å². The summed E-state index contributed by atoms with van der Waals surface area (Å²) in [6, 6.07) is 10.9. The molecule has 1 atom stereocenters. The monoisotopic (exact) mass is 352 g/mol. The van der Waals surface area contributed by atoms with Gasteiger partial charge in [0.15, 0.2) is 0 Å². The van der Waals surface area contributed by atoms with E-state index in [9.17, 15) is 14.9 Å². The Labute approximate surface area is 153 Å². The average Bonchev–Trinajstić information content (AvgIpc) is 2.65. The number of hydrogen-bond acceptors (Lipinski definition) is 3. The van der Waals surface area contributed by atoms with Crippen molar-refractivity contribution in [2.75, 3.05) is 0 Å². The highest BCUT2D eigenvalue weighted by Gasteiger charge is 2.18. The van der Waals surface area contributed by atoms with Crippen LogP contribution in [0, 0.1) is 17.0 Å². The molecule has 1 amide bonds. The van der Waals surface area contributed by atoms with Crippen molar-refractivity contribution in [1.29, 1.82) is 0 Å². The highest BCUT2D eigenvalue weighted by Crippen LogP contribution is 2.26. The molecule has 0 fully saturated rings. The lowest BCUT2D eigenvalue weighted by Gasteiger charge is -2.22. The number of nitrogens with zero attached hydrogens (tertiary/aromatic N) is 1. The third-order valence-electron chi connectivity index (χ3n) is 5.14. The first-order valence-corrected chi connectivity index (χ1v) is 9.17. The van der Waals surface area contributed by atoms with Crippen LogP contribution in [0.3, 0.4) is 0 Å². The van der Waals surface area contributed by atoms with Gasteiger partial charge in [0.05, 0.1) is 11.0 Å². The maximum absolute atomic E-state index is 12.6. The van der Waals surface area contributed by atoms with Crippen LogP contribution in [0.4, 0.5) is 5.69 Å². The Hall–Kier alpha value is -2.69. The highest BCUT2D eigenvalue weighted by molar-refractivity contribution is 5.95. The van der Waals surface area contributed by atoms with Crippen LogP contribution >= 0.6 is 0 Å². The largest absolute Gasteiger partial charge is 0.345 e. The van der Waals surface area contributed by atoms with E-state index in [0.717, 1.165) is 24.8 Å². The van der Waals surface area contributed by atoms with Crippen LogP contribution in [0.2, 0.25) is 0 Å². The van der Waals surface area contributed by atoms with Crippen molar-refractivity contribution in [2.24, 2.45) is 0 Å². The zero-order valence-electron chi connectivity index (χ0n) is 15.2. The Bertz CT molecular complexity index is 845. The van der Waals surface area contributed by atoms with E-state index in [-0.39, 0.29) is 17.6 Å². The van der Waals surface area contributed by atoms with E-state index in [2.05, 4.69) is 23.5 Å². The fourth-order valence-electron chi connectivity index (χ4n) is 3.63. The quantitative estimate of drug-likeness (QED) is 0.628. The zero-order chi connectivity index (χ0) is 18.7. The van der Waals surface area contributed by atoms with Crippen molar-refractivity contribution in [2.45, 2.75) is 52.0 Å². The van der Waals surface area contributed by atoms with Crippen LogP contribution < -0.4 is 5.32 Å². The first kappa shape index (κ1) is 18.1. The number of nitrogens with one attached hydrogen (secondary N) is 1. The molecule has 2 aromatic carbocycles. The van der Waals surface area contributed by atoms with E-state index in [0.29, 0.717) is 11.1 Å². The van der Waals surface area contributed by atoms with Crippen LogP contribution in [0.1, 0.15) is 64.8 Å². The lowest BCUT2D eigenvalue weighted by Crippen LogP contribution is -2.28. The number of rotatable bonds is 5. The highest BCUT2D eigenvalue weighted by atomic mass is 16.6. The van der Waals surface area contributed by atoms with Crippen LogP contribution in [-0.4, -0.2) is 10.8 Å². The predicted octanol–water partition coefficient (Wildman–Crippen LogP) is 4.66. The molecule has 0 aromatic heterocycles. The smallest absolute Gasteiger partial charge is 0.272 e. The summed E-state index contributed by atoms with van der Waals surface area (Å²) < 4.78 is 0. The maximum atomic E-state index is 12.6. The van der Waals surface area contributed by atoms with Crippen LogP contribution in [0.15, 0.2) is 36.4 Å². The van der Waals surface area contributed by atoms with Crippen LogP contribution in [-0.2, 0) is 12.8 Å². The first-order chi connectivity index (χ1) is 12.5. The zero-order valence-corrected chi connectivity index (χ0v) is 15.2. The Kier molecular flexibility index (Phi) is 5.35.